The summed E-state index contributed by atoms with van der Waals surface area (Å²) in [6.45, 7) is 6.16. The van der Waals surface area contributed by atoms with Crippen LogP contribution in [0.2, 0.25) is 0 Å². The predicted octanol–water partition coefficient (Wildman–Crippen LogP) is 2.20. The van der Waals surface area contributed by atoms with Gasteiger partial charge in [-0.3, -0.25) is 0 Å². The Morgan fingerprint density at radius 1 is 1.25 bits per heavy atom. The molecule has 20 heavy (non-hydrogen) atoms. The second kappa shape index (κ2) is 4.94. The Kier molecular flexibility index (Phi) is 3.26. The van der Waals surface area contributed by atoms with Crippen molar-refractivity contribution in [1.82, 2.24) is 14.9 Å². The van der Waals surface area contributed by atoms with Crippen LogP contribution in [-0.2, 0) is 13.0 Å². The lowest BCUT2D eigenvalue weighted by Gasteiger charge is -2.20. The fourth-order valence-corrected chi connectivity index (χ4v) is 3.01. The fourth-order valence-electron chi connectivity index (χ4n) is 3.01. The lowest BCUT2D eigenvalue weighted by Crippen LogP contribution is -2.24. The Hall–Kier alpha value is -1.81. The Morgan fingerprint density at radius 2 is 2.05 bits per heavy atom. The molecule has 3 rings (SSSR count). The smallest absolute Gasteiger partial charge is 0.110 e. The van der Waals surface area contributed by atoms with Crippen LogP contribution in [-0.4, -0.2) is 30.2 Å². The number of benzene rings is 1. The van der Waals surface area contributed by atoms with E-state index in [0.29, 0.717) is 0 Å². The van der Waals surface area contributed by atoms with Gasteiger partial charge in [0.2, 0.25) is 0 Å². The van der Waals surface area contributed by atoms with Gasteiger partial charge in [-0.2, -0.15) is 0 Å². The van der Waals surface area contributed by atoms with Gasteiger partial charge >= 0.3 is 0 Å². The zero-order valence-corrected chi connectivity index (χ0v) is 12.7. The number of nitrogens with one attached hydrogen (secondary N) is 1. The van der Waals surface area contributed by atoms with Crippen LogP contribution in [0.5, 0.6) is 0 Å². The number of nitrogens with zero attached hydrogens (tertiary/aromatic N) is 3. The Balaban J connectivity index is 2.14. The minimum Gasteiger partial charge on any atom is -0.377 e. The van der Waals surface area contributed by atoms with Crippen LogP contribution in [0.3, 0.4) is 0 Å². The molecule has 2 heterocycles. The summed E-state index contributed by atoms with van der Waals surface area (Å²) in [5, 5.41) is 3.39. The van der Waals surface area contributed by atoms with Crippen LogP contribution in [0.15, 0.2) is 18.2 Å². The first-order valence-corrected chi connectivity index (χ1v) is 7.14. The van der Waals surface area contributed by atoms with Gasteiger partial charge in [-0.25, -0.2) is 4.98 Å². The molecule has 4 nitrogen and oxygen atoms in total. The van der Waals surface area contributed by atoms with Crippen molar-refractivity contribution in [2.45, 2.75) is 26.8 Å². The summed E-state index contributed by atoms with van der Waals surface area (Å²) >= 11 is 0. The maximum Gasteiger partial charge on any atom is 0.110 e. The number of anilines is 1. The van der Waals surface area contributed by atoms with E-state index in [4.69, 9.17) is 4.98 Å². The minimum atomic E-state index is 0.884. The third-order valence-corrected chi connectivity index (χ3v) is 3.99. The zero-order chi connectivity index (χ0) is 14.3. The molecule has 0 unspecified atom stereocenters. The molecule has 0 bridgehead atoms. The number of hydrogen-bond donors (Lipinski definition) is 1. The molecule has 1 N–H and O–H groups in total. The SMILES string of the molecule is Cc1ccc(-n2c(C)nc3c2CCNC3)cc1N(C)C. The van der Waals surface area contributed by atoms with E-state index in [0.717, 1.165) is 25.3 Å². The summed E-state index contributed by atoms with van der Waals surface area (Å²) in [7, 11) is 4.18. The number of hydrogen-bond acceptors (Lipinski definition) is 3. The van der Waals surface area contributed by atoms with Gasteiger partial charge < -0.3 is 14.8 Å². The van der Waals surface area contributed by atoms with E-state index in [1.54, 1.807) is 0 Å². The maximum absolute atomic E-state index is 4.71. The van der Waals surface area contributed by atoms with Gasteiger partial charge in [-0.1, -0.05) is 6.07 Å². The Labute approximate surface area is 120 Å². The van der Waals surface area contributed by atoms with Gasteiger partial charge in [0.1, 0.15) is 5.82 Å². The Morgan fingerprint density at radius 3 is 2.80 bits per heavy atom. The van der Waals surface area contributed by atoms with Crippen molar-refractivity contribution < 1.29 is 0 Å². The van der Waals surface area contributed by atoms with Crippen LogP contribution in [0.1, 0.15) is 22.8 Å². The standard InChI is InChI=1S/C16H22N4/c1-11-5-6-13(9-16(11)19(3)4)20-12(2)18-14-10-17-8-7-15(14)20/h5-6,9,17H,7-8,10H2,1-4H3. The molecule has 1 aliphatic heterocycles. The number of aryl methyl sites for hydroxylation is 2. The second-order valence-corrected chi connectivity index (χ2v) is 5.68. The first-order valence-electron chi connectivity index (χ1n) is 7.14. The van der Waals surface area contributed by atoms with E-state index in [9.17, 15) is 0 Å². The number of fused-ring (bicyclic) bond motifs is 1. The molecule has 0 saturated heterocycles. The van der Waals surface area contributed by atoms with Crippen molar-refractivity contribution in [3.05, 3.63) is 41.0 Å². The summed E-state index contributed by atoms with van der Waals surface area (Å²) in [5.74, 6) is 1.08. The largest absolute Gasteiger partial charge is 0.377 e. The van der Waals surface area contributed by atoms with Crippen molar-refractivity contribution >= 4 is 5.69 Å². The summed E-state index contributed by atoms with van der Waals surface area (Å²) < 4.78 is 2.31. The highest BCUT2D eigenvalue weighted by atomic mass is 15.1. The van der Waals surface area contributed by atoms with Crippen LogP contribution < -0.4 is 10.2 Å². The molecule has 0 fully saturated rings. The Bertz CT molecular complexity index is 640. The predicted molar refractivity (Wildman–Crippen MR) is 82.8 cm³/mol. The average molecular weight is 270 g/mol. The molecule has 0 aliphatic carbocycles. The van der Waals surface area contributed by atoms with E-state index in [1.165, 1.54) is 28.3 Å². The third-order valence-electron chi connectivity index (χ3n) is 3.99. The second-order valence-electron chi connectivity index (χ2n) is 5.68. The van der Waals surface area contributed by atoms with Crippen molar-refractivity contribution in [1.29, 1.82) is 0 Å². The van der Waals surface area contributed by atoms with E-state index < -0.39 is 0 Å². The number of aromatic nitrogens is 2. The zero-order valence-electron chi connectivity index (χ0n) is 12.7. The van der Waals surface area contributed by atoms with Gasteiger partial charge in [0.05, 0.1) is 5.69 Å². The first-order chi connectivity index (χ1) is 9.58. The average Bonchev–Trinajstić information content (AvgIpc) is 2.75. The molecule has 0 atom stereocenters. The lowest BCUT2D eigenvalue weighted by atomic mass is 10.1. The topological polar surface area (TPSA) is 33.1 Å². The summed E-state index contributed by atoms with van der Waals surface area (Å²) in [4.78, 5) is 6.88. The molecule has 4 heteroatoms. The summed E-state index contributed by atoms with van der Waals surface area (Å²) in [5.41, 5.74) is 6.33. The lowest BCUT2D eigenvalue weighted by molar-refractivity contribution is 0.620. The third kappa shape index (κ3) is 2.10. The van der Waals surface area contributed by atoms with Crippen molar-refractivity contribution in [3.63, 3.8) is 0 Å². The normalized spacial score (nSPS) is 14.2. The van der Waals surface area contributed by atoms with Crippen molar-refractivity contribution in [2.24, 2.45) is 0 Å². The highest BCUT2D eigenvalue weighted by Gasteiger charge is 2.19. The summed E-state index contributed by atoms with van der Waals surface area (Å²) in [6, 6.07) is 6.64. The van der Waals surface area contributed by atoms with Crippen molar-refractivity contribution in [3.8, 4) is 5.69 Å². The quantitative estimate of drug-likeness (QED) is 0.908. The molecule has 1 aliphatic rings. The van der Waals surface area contributed by atoms with E-state index in [2.05, 4.69) is 60.9 Å². The molecule has 2 aromatic rings. The molecule has 0 saturated carbocycles. The highest BCUT2D eigenvalue weighted by Crippen LogP contribution is 2.26. The molecular formula is C16H22N4. The van der Waals surface area contributed by atoms with Crippen LogP contribution in [0.4, 0.5) is 5.69 Å². The number of imidazole rings is 1. The molecule has 0 amide bonds. The van der Waals surface area contributed by atoms with Gasteiger partial charge in [0.25, 0.3) is 0 Å². The van der Waals surface area contributed by atoms with Crippen LogP contribution in [0.25, 0.3) is 5.69 Å². The van der Waals surface area contributed by atoms with E-state index in [1.807, 2.05) is 0 Å². The van der Waals surface area contributed by atoms with Crippen LogP contribution in [0, 0.1) is 13.8 Å². The summed E-state index contributed by atoms with van der Waals surface area (Å²) in [6.07, 6.45) is 1.04. The van der Waals surface area contributed by atoms with Gasteiger partial charge in [-0.05, 0) is 31.5 Å². The van der Waals surface area contributed by atoms with Gasteiger partial charge in [-0.15, -0.1) is 0 Å². The molecule has 1 aromatic heterocycles. The van der Waals surface area contributed by atoms with Gasteiger partial charge in [0, 0.05) is 50.7 Å². The molecule has 0 spiro atoms. The monoisotopic (exact) mass is 270 g/mol. The van der Waals surface area contributed by atoms with Gasteiger partial charge in [0.15, 0.2) is 0 Å². The first kappa shape index (κ1) is 13.2. The molecule has 0 radical (unpaired) electrons. The van der Waals surface area contributed by atoms with E-state index in [-0.39, 0.29) is 0 Å². The van der Waals surface area contributed by atoms with Crippen LogP contribution >= 0.6 is 0 Å². The van der Waals surface area contributed by atoms with Crippen molar-refractivity contribution in [2.75, 3.05) is 25.5 Å². The molecular weight excluding hydrogens is 248 g/mol. The fraction of sp³-hybridized carbons (Fsp3) is 0.438. The molecule has 1 aromatic carbocycles. The minimum absolute atomic E-state index is 0.884. The highest BCUT2D eigenvalue weighted by molar-refractivity contribution is 5.58. The number of rotatable bonds is 2. The molecule has 106 valence electrons. The van der Waals surface area contributed by atoms with E-state index >= 15 is 0 Å². The maximum atomic E-state index is 4.71.